The van der Waals surface area contributed by atoms with Crippen molar-refractivity contribution in [1.82, 2.24) is 15.2 Å². The summed E-state index contributed by atoms with van der Waals surface area (Å²) in [6.07, 6.45) is 1.73. The average Bonchev–Trinajstić information content (AvgIpc) is 2.74. The zero-order valence-corrected chi connectivity index (χ0v) is 16.2. The number of nitrogens with one attached hydrogen (secondary N) is 1. The highest BCUT2D eigenvalue weighted by Gasteiger charge is 2.19. The second-order valence-electron chi connectivity index (χ2n) is 6.80. The molecular weight excluding hydrogens is 352 g/mol. The first-order valence-electron chi connectivity index (χ1n) is 9.38. The zero-order chi connectivity index (χ0) is 19.3. The van der Waals surface area contributed by atoms with E-state index in [1.165, 1.54) is 11.3 Å². The van der Waals surface area contributed by atoms with Crippen LogP contribution < -0.4 is 19.9 Å². The molecule has 0 amide bonds. The molecule has 0 atom stereocenters. The van der Waals surface area contributed by atoms with Crippen molar-refractivity contribution in [1.29, 1.82) is 0 Å². The molecule has 2 heterocycles. The molecule has 1 fully saturated rings. The third kappa shape index (κ3) is 4.14. The van der Waals surface area contributed by atoms with Crippen molar-refractivity contribution in [2.24, 2.45) is 0 Å². The quantitative estimate of drug-likeness (QED) is 0.733. The molecule has 4 rings (SSSR count). The number of ether oxygens (including phenoxy) is 1. The number of benzene rings is 2. The predicted molar refractivity (Wildman–Crippen MR) is 112 cm³/mol. The molecule has 0 aliphatic carbocycles. The van der Waals surface area contributed by atoms with Gasteiger partial charge in [-0.05, 0) is 48.9 Å². The van der Waals surface area contributed by atoms with Gasteiger partial charge in [-0.3, -0.25) is 0 Å². The van der Waals surface area contributed by atoms with E-state index >= 15 is 0 Å². The monoisotopic (exact) mass is 376 g/mol. The number of nitrogens with zero attached hydrogens (tertiary/aromatic N) is 5. The van der Waals surface area contributed by atoms with Gasteiger partial charge in [-0.25, -0.2) is 0 Å². The van der Waals surface area contributed by atoms with Crippen LogP contribution in [0.4, 0.5) is 23.1 Å². The minimum Gasteiger partial charge on any atom is -0.497 e. The molecule has 1 aliphatic heterocycles. The molecule has 0 radical (unpaired) electrons. The fraction of sp³-hybridized carbons (Fsp3) is 0.286. The molecule has 7 heteroatoms. The smallest absolute Gasteiger partial charge is 0.249 e. The van der Waals surface area contributed by atoms with Gasteiger partial charge < -0.3 is 19.9 Å². The van der Waals surface area contributed by atoms with Crippen molar-refractivity contribution in [2.45, 2.75) is 6.92 Å². The van der Waals surface area contributed by atoms with Crippen molar-refractivity contribution in [2.75, 3.05) is 48.4 Å². The van der Waals surface area contributed by atoms with Crippen LogP contribution in [0.3, 0.4) is 0 Å². The Balaban J connectivity index is 1.40. The van der Waals surface area contributed by atoms with Gasteiger partial charge in [-0.15, -0.1) is 5.10 Å². The van der Waals surface area contributed by atoms with E-state index in [1.807, 2.05) is 24.3 Å². The van der Waals surface area contributed by atoms with E-state index in [9.17, 15) is 0 Å². The van der Waals surface area contributed by atoms with E-state index in [1.54, 1.807) is 13.3 Å². The predicted octanol–water partition coefficient (Wildman–Crippen LogP) is 3.26. The summed E-state index contributed by atoms with van der Waals surface area (Å²) in [5, 5.41) is 11.5. The van der Waals surface area contributed by atoms with Crippen molar-refractivity contribution in [3.8, 4) is 5.75 Å². The average molecular weight is 376 g/mol. The van der Waals surface area contributed by atoms with Crippen LogP contribution in [-0.4, -0.2) is 48.5 Å². The van der Waals surface area contributed by atoms with Gasteiger partial charge >= 0.3 is 0 Å². The maximum Gasteiger partial charge on any atom is 0.249 e. The normalized spacial score (nSPS) is 14.1. The van der Waals surface area contributed by atoms with Gasteiger partial charge in [0.05, 0.1) is 13.3 Å². The van der Waals surface area contributed by atoms with Crippen LogP contribution in [-0.2, 0) is 0 Å². The molecule has 2 aromatic carbocycles. The maximum absolute atomic E-state index is 5.24. The maximum atomic E-state index is 5.24. The first-order chi connectivity index (χ1) is 13.7. The Hall–Kier alpha value is -3.35. The lowest BCUT2D eigenvalue weighted by Crippen LogP contribution is -2.46. The molecule has 0 spiro atoms. The number of methoxy groups -OCH3 is 1. The lowest BCUT2D eigenvalue weighted by Gasteiger charge is -2.36. The molecule has 7 nitrogen and oxygen atoms in total. The third-order valence-corrected chi connectivity index (χ3v) is 4.86. The summed E-state index contributed by atoms with van der Waals surface area (Å²) >= 11 is 0. The van der Waals surface area contributed by atoms with Gasteiger partial charge in [-0.2, -0.15) is 10.1 Å². The van der Waals surface area contributed by atoms with E-state index in [4.69, 9.17) is 4.74 Å². The number of aromatic nitrogens is 3. The fourth-order valence-electron chi connectivity index (χ4n) is 3.34. The highest BCUT2D eigenvalue weighted by atomic mass is 16.5. The summed E-state index contributed by atoms with van der Waals surface area (Å²) in [5.74, 6) is 2.24. The SMILES string of the molecule is COc1ccc(N2CCN(c3cnnc(Nc4cccc(C)c4)n3)CC2)cc1. The summed E-state index contributed by atoms with van der Waals surface area (Å²) < 4.78 is 5.24. The number of piperazine rings is 1. The van der Waals surface area contributed by atoms with Gasteiger partial charge in [0.1, 0.15) is 5.75 Å². The molecule has 144 valence electrons. The highest BCUT2D eigenvalue weighted by Crippen LogP contribution is 2.22. The summed E-state index contributed by atoms with van der Waals surface area (Å²) in [6.45, 7) is 5.68. The van der Waals surface area contributed by atoms with Crippen molar-refractivity contribution >= 4 is 23.1 Å². The number of rotatable bonds is 5. The Morgan fingerprint density at radius 3 is 2.43 bits per heavy atom. The summed E-state index contributed by atoms with van der Waals surface area (Å²) in [6, 6.07) is 16.3. The van der Waals surface area contributed by atoms with Gasteiger partial charge in [0.15, 0.2) is 5.82 Å². The van der Waals surface area contributed by atoms with Crippen LogP contribution in [0.15, 0.2) is 54.7 Å². The number of aryl methyl sites for hydroxylation is 1. The van der Waals surface area contributed by atoms with Crippen molar-refractivity contribution < 1.29 is 4.74 Å². The second kappa shape index (κ2) is 8.12. The zero-order valence-electron chi connectivity index (χ0n) is 16.2. The van der Waals surface area contributed by atoms with Crippen LogP contribution in [0.1, 0.15) is 5.56 Å². The number of hydrogen-bond acceptors (Lipinski definition) is 7. The highest BCUT2D eigenvalue weighted by molar-refractivity contribution is 5.56. The minimum atomic E-state index is 0.515. The standard InChI is InChI=1S/C21H24N6O/c1-16-4-3-5-17(14-16)23-21-24-20(15-22-25-21)27-12-10-26(11-13-27)18-6-8-19(28-2)9-7-18/h3-9,14-15H,10-13H2,1-2H3,(H,23,24,25). The van der Waals surface area contributed by atoms with Crippen molar-refractivity contribution in [3.63, 3.8) is 0 Å². The molecule has 1 saturated heterocycles. The Morgan fingerprint density at radius 2 is 1.71 bits per heavy atom. The summed E-state index contributed by atoms with van der Waals surface area (Å²) in [7, 11) is 1.69. The summed E-state index contributed by atoms with van der Waals surface area (Å²) in [4.78, 5) is 9.27. The van der Waals surface area contributed by atoms with Crippen LogP contribution in [0.2, 0.25) is 0 Å². The van der Waals surface area contributed by atoms with Crippen LogP contribution in [0, 0.1) is 6.92 Å². The summed E-state index contributed by atoms with van der Waals surface area (Å²) in [5.41, 5.74) is 3.36. The molecule has 0 unspecified atom stereocenters. The first kappa shape index (κ1) is 18.0. The van der Waals surface area contributed by atoms with E-state index in [0.29, 0.717) is 5.95 Å². The van der Waals surface area contributed by atoms with Crippen LogP contribution in [0.5, 0.6) is 5.75 Å². The third-order valence-electron chi connectivity index (χ3n) is 4.86. The first-order valence-corrected chi connectivity index (χ1v) is 9.38. The van der Waals surface area contributed by atoms with Gasteiger partial charge in [0.25, 0.3) is 0 Å². The van der Waals surface area contributed by atoms with Gasteiger partial charge in [-0.1, -0.05) is 12.1 Å². The van der Waals surface area contributed by atoms with E-state index in [-0.39, 0.29) is 0 Å². The number of anilines is 4. The van der Waals surface area contributed by atoms with E-state index < -0.39 is 0 Å². The van der Waals surface area contributed by atoms with Gasteiger partial charge in [0, 0.05) is 37.6 Å². The lowest BCUT2D eigenvalue weighted by atomic mass is 10.2. The molecular formula is C21H24N6O. The molecule has 1 N–H and O–H groups in total. The van der Waals surface area contributed by atoms with Crippen LogP contribution >= 0.6 is 0 Å². The Bertz CT molecular complexity index is 922. The van der Waals surface area contributed by atoms with E-state index in [2.05, 4.69) is 61.5 Å². The number of hydrogen-bond donors (Lipinski definition) is 1. The largest absolute Gasteiger partial charge is 0.497 e. The Morgan fingerprint density at radius 1 is 0.964 bits per heavy atom. The van der Waals surface area contributed by atoms with Crippen LogP contribution in [0.25, 0.3) is 0 Å². The molecule has 1 aliphatic rings. The molecule has 0 bridgehead atoms. The van der Waals surface area contributed by atoms with Gasteiger partial charge in [0.2, 0.25) is 5.95 Å². The second-order valence-corrected chi connectivity index (χ2v) is 6.80. The molecule has 28 heavy (non-hydrogen) atoms. The Kier molecular flexibility index (Phi) is 5.23. The molecule has 3 aromatic rings. The Labute approximate surface area is 165 Å². The van der Waals surface area contributed by atoms with E-state index in [0.717, 1.165) is 43.4 Å². The minimum absolute atomic E-state index is 0.515. The lowest BCUT2D eigenvalue weighted by molar-refractivity contribution is 0.415. The molecule has 0 saturated carbocycles. The molecule has 1 aromatic heterocycles. The fourth-order valence-corrected chi connectivity index (χ4v) is 3.34. The van der Waals surface area contributed by atoms with Crippen molar-refractivity contribution in [3.05, 3.63) is 60.3 Å². The topological polar surface area (TPSA) is 66.4 Å².